The van der Waals surface area contributed by atoms with E-state index in [1.54, 1.807) is 6.07 Å². The molecule has 0 heterocycles. The lowest BCUT2D eigenvalue weighted by Gasteiger charge is -2.05. The molecule has 0 spiro atoms. The smallest absolute Gasteiger partial charge is 0.248 e. The lowest BCUT2D eigenvalue weighted by molar-refractivity contribution is 0.0999. The third kappa shape index (κ3) is 3.49. The topological polar surface area (TPSA) is 43.1 Å². The van der Waals surface area contributed by atoms with Gasteiger partial charge in [0.25, 0.3) is 0 Å². The molecule has 1 amide bonds. The fourth-order valence-corrected chi connectivity index (χ4v) is 2.05. The van der Waals surface area contributed by atoms with Gasteiger partial charge in [0.2, 0.25) is 5.91 Å². The average Bonchev–Trinajstić information content (AvgIpc) is 2.46. The van der Waals surface area contributed by atoms with Gasteiger partial charge in [-0.2, -0.15) is 0 Å². The van der Waals surface area contributed by atoms with Crippen LogP contribution in [0.3, 0.4) is 0 Å². The third-order valence-corrected chi connectivity index (χ3v) is 3.02. The molecule has 0 unspecified atom stereocenters. The van der Waals surface area contributed by atoms with Crippen LogP contribution in [0.5, 0.6) is 0 Å². The zero-order valence-electron chi connectivity index (χ0n) is 11.5. The van der Waals surface area contributed by atoms with E-state index in [9.17, 15) is 4.79 Å². The SMILES string of the molecule is CCCc1cc(C#Cc2ccccc2)ccc1C(N)=O. The van der Waals surface area contributed by atoms with Crippen LogP contribution in [0.1, 0.15) is 40.4 Å². The van der Waals surface area contributed by atoms with Crippen molar-refractivity contribution in [3.8, 4) is 11.8 Å². The summed E-state index contributed by atoms with van der Waals surface area (Å²) in [5.74, 6) is 5.86. The number of rotatable bonds is 3. The molecule has 2 N–H and O–H groups in total. The molecule has 100 valence electrons. The van der Waals surface area contributed by atoms with Crippen molar-refractivity contribution >= 4 is 5.91 Å². The molecule has 0 saturated heterocycles. The van der Waals surface area contributed by atoms with Gasteiger partial charge in [-0.25, -0.2) is 0 Å². The van der Waals surface area contributed by atoms with E-state index in [4.69, 9.17) is 5.73 Å². The zero-order valence-corrected chi connectivity index (χ0v) is 11.5. The normalized spacial score (nSPS) is 9.65. The Morgan fingerprint density at radius 3 is 2.40 bits per heavy atom. The highest BCUT2D eigenvalue weighted by molar-refractivity contribution is 5.94. The van der Waals surface area contributed by atoms with Crippen molar-refractivity contribution in [1.82, 2.24) is 0 Å². The molecule has 0 aliphatic rings. The summed E-state index contributed by atoms with van der Waals surface area (Å²) in [7, 11) is 0. The molecular formula is C18H17NO. The van der Waals surface area contributed by atoms with Crippen molar-refractivity contribution in [1.29, 1.82) is 0 Å². The lowest BCUT2D eigenvalue weighted by atomic mass is 9.99. The van der Waals surface area contributed by atoms with Crippen molar-refractivity contribution < 1.29 is 4.79 Å². The summed E-state index contributed by atoms with van der Waals surface area (Å²) in [5, 5.41) is 0. The Bertz CT molecular complexity index is 663. The highest BCUT2D eigenvalue weighted by Crippen LogP contribution is 2.13. The maximum Gasteiger partial charge on any atom is 0.248 e. The molecule has 20 heavy (non-hydrogen) atoms. The first kappa shape index (κ1) is 13.9. The van der Waals surface area contributed by atoms with E-state index >= 15 is 0 Å². The van der Waals surface area contributed by atoms with E-state index in [1.807, 2.05) is 42.5 Å². The highest BCUT2D eigenvalue weighted by Gasteiger charge is 2.07. The number of hydrogen-bond donors (Lipinski definition) is 1. The van der Waals surface area contributed by atoms with Gasteiger partial charge in [-0.05, 0) is 42.3 Å². The van der Waals surface area contributed by atoms with Gasteiger partial charge in [-0.15, -0.1) is 0 Å². The first-order chi connectivity index (χ1) is 9.70. The molecule has 0 bridgehead atoms. The van der Waals surface area contributed by atoms with Crippen LogP contribution in [0.15, 0.2) is 48.5 Å². The molecule has 0 aromatic heterocycles. The predicted octanol–water partition coefficient (Wildman–Crippen LogP) is 3.14. The van der Waals surface area contributed by atoms with Crippen LogP contribution in [0.25, 0.3) is 0 Å². The quantitative estimate of drug-likeness (QED) is 0.849. The number of hydrogen-bond acceptors (Lipinski definition) is 1. The zero-order chi connectivity index (χ0) is 14.4. The summed E-state index contributed by atoms with van der Waals surface area (Å²) in [4.78, 5) is 11.4. The summed E-state index contributed by atoms with van der Waals surface area (Å²) >= 11 is 0. The molecule has 2 rings (SSSR count). The Morgan fingerprint density at radius 2 is 1.75 bits per heavy atom. The van der Waals surface area contributed by atoms with E-state index in [2.05, 4.69) is 18.8 Å². The Hall–Kier alpha value is -2.53. The van der Waals surface area contributed by atoms with Crippen molar-refractivity contribution in [2.75, 3.05) is 0 Å². The fourth-order valence-electron chi connectivity index (χ4n) is 2.05. The van der Waals surface area contributed by atoms with Gasteiger partial charge < -0.3 is 5.73 Å². The summed E-state index contributed by atoms with van der Waals surface area (Å²) in [6.45, 7) is 2.08. The van der Waals surface area contributed by atoms with Gasteiger partial charge in [0.05, 0.1) is 0 Å². The van der Waals surface area contributed by atoms with Crippen LogP contribution in [0, 0.1) is 11.8 Å². The van der Waals surface area contributed by atoms with E-state index < -0.39 is 0 Å². The van der Waals surface area contributed by atoms with Gasteiger partial charge >= 0.3 is 0 Å². The summed E-state index contributed by atoms with van der Waals surface area (Å²) in [5.41, 5.74) is 8.83. The second-order valence-corrected chi connectivity index (χ2v) is 4.60. The molecule has 2 heteroatoms. The number of benzene rings is 2. The second kappa shape index (κ2) is 6.58. The Morgan fingerprint density at radius 1 is 1.05 bits per heavy atom. The third-order valence-electron chi connectivity index (χ3n) is 3.02. The molecular weight excluding hydrogens is 246 g/mol. The number of carbonyl (C=O) groups is 1. The van der Waals surface area contributed by atoms with E-state index in [0.717, 1.165) is 29.5 Å². The van der Waals surface area contributed by atoms with E-state index in [-0.39, 0.29) is 5.91 Å². The van der Waals surface area contributed by atoms with E-state index in [1.165, 1.54) is 0 Å². The molecule has 0 fully saturated rings. The monoisotopic (exact) mass is 263 g/mol. The highest BCUT2D eigenvalue weighted by atomic mass is 16.1. The minimum Gasteiger partial charge on any atom is -0.366 e. The van der Waals surface area contributed by atoms with Gasteiger partial charge in [-0.3, -0.25) is 4.79 Å². The van der Waals surface area contributed by atoms with Crippen LogP contribution < -0.4 is 5.73 Å². The van der Waals surface area contributed by atoms with Crippen molar-refractivity contribution in [3.05, 3.63) is 70.8 Å². The minimum atomic E-state index is -0.379. The standard InChI is InChI=1S/C18H17NO/c1-2-6-16-13-15(11-12-17(16)18(19)20)10-9-14-7-4-3-5-8-14/h3-5,7-8,11-13H,2,6H2,1H3,(H2,19,20). The van der Waals surface area contributed by atoms with Crippen LogP contribution in [-0.4, -0.2) is 5.91 Å². The Balaban J connectivity index is 2.32. The summed E-state index contributed by atoms with van der Waals surface area (Å²) < 4.78 is 0. The molecule has 0 aliphatic carbocycles. The molecule has 2 nitrogen and oxygen atoms in total. The Labute approximate surface area is 119 Å². The minimum absolute atomic E-state index is 0.379. The number of nitrogens with two attached hydrogens (primary N) is 1. The fraction of sp³-hybridized carbons (Fsp3) is 0.167. The first-order valence-corrected chi connectivity index (χ1v) is 6.70. The van der Waals surface area contributed by atoms with Crippen molar-refractivity contribution in [2.24, 2.45) is 5.73 Å². The summed E-state index contributed by atoms with van der Waals surface area (Å²) in [6.07, 6.45) is 1.80. The predicted molar refractivity (Wildman–Crippen MR) is 81.4 cm³/mol. The number of amides is 1. The molecule has 0 atom stereocenters. The molecule has 0 radical (unpaired) electrons. The van der Waals surface area contributed by atoms with Crippen molar-refractivity contribution in [3.63, 3.8) is 0 Å². The molecule has 0 saturated carbocycles. The largest absolute Gasteiger partial charge is 0.366 e. The number of carbonyl (C=O) groups excluding carboxylic acids is 1. The van der Waals surface area contributed by atoms with Gasteiger partial charge in [-0.1, -0.05) is 43.4 Å². The van der Waals surface area contributed by atoms with Gasteiger partial charge in [0, 0.05) is 16.7 Å². The lowest BCUT2D eigenvalue weighted by Crippen LogP contribution is -2.13. The van der Waals surface area contributed by atoms with Gasteiger partial charge in [0.15, 0.2) is 0 Å². The second-order valence-electron chi connectivity index (χ2n) is 4.60. The van der Waals surface area contributed by atoms with Crippen LogP contribution in [0.2, 0.25) is 0 Å². The average molecular weight is 263 g/mol. The van der Waals surface area contributed by atoms with Crippen molar-refractivity contribution in [2.45, 2.75) is 19.8 Å². The molecule has 0 aliphatic heterocycles. The van der Waals surface area contributed by atoms with Crippen LogP contribution in [0.4, 0.5) is 0 Å². The van der Waals surface area contributed by atoms with Gasteiger partial charge in [0.1, 0.15) is 0 Å². The number of primary amides is 1. The maximum atomic E-state index is 11.4. The molecule has 2 aromatic rings. The van der Waals surface area contributed by atoms with Crippen LogP contribution >= 0.6 is 0 Å². The maximum absolute atomic E-state index is 11.4. The van der Waals surface area contributed by atoms with Crippen LogP contribution in [-0.2, 0) is 6.42 Å². The Kier molecular flexibility index (Phi) is 4.57. The number of aryl methyl sites for hydroxylation is 1. The molecule has 2 aromatic carbocycles. The first-order valence-electron chi connectivity index (χ1n) is 6.70. The summed E-state index contributed by atoms with van der Waals surface area (Å²) in [6, 6.07) is 15.4. The van der Waals surface area contributed by atoms with E-state index in [0.29, 0.717) is 5.56 Å².